The van der Waals surface area contributed by atoms with Crippen LogP contribution in [-0.2, 0) is 26.2 Å². The van der Waals surface area contributed by atoms with E-state index in [1.165, 1.54) is 12.1 Å². The van der Waals surface area contributed by atoms with Gasteiger partial charge < -0.3 is 20.1 Å². The van der Waals surface area contributed by atoms with Crippen molar-refractivity contribution in [2.24, 2.45) is 0 Å². The van der Waals surface area contributed by atoms with Crippen LogP contribution in [0.5, 0.6) is 11.5 Å². The summed E-state index contributed by atoms with van der Waals surface area (Å²) in [5, 5.41) is 5.31. The first-order chi connectivity index (χ1) is 20.2. The average Bonchev–Trinajstić information content (AvgIpc) is 2.98. The molecule has 0 aliphatic rings. The van der Waals surface area contributed by atoms with E-state index in [2.05, 4.69) is 15.4 Å². The van der Waals surface area contributed by atoms with Crippen molar-refractivity contribution in [3.8, 4) is 11.5 Å². The Labute approximate surface area is 245 Å². The van der Waals surface area contributed by atoms with Crippen LogP contribution >= 0.6 is 0 Å². The van der Waals surface area contributed by atoms with Gasteiger partial charge in [-0.2, -0.15) is 0 Å². The molecule has 4 aromatic carbocycles. The fraction of sp³-hybridized carbons (Fsp3) is 0.188. The van der Waals surface area contributed by atoms with Gasteiger partial charge in [-0.15, -0.1) is 0 Å². The molecule has 2 amide bonds. The maximum atomic E-state index is 12.9. The number of aryl methyl sites for hydroxylation is 1. The second-order valence-electron chi connectivity index (χ2n) is 9.56. The normalized spacial score (nSPS) is 10.9. The van der Waals surface area contributed by atoms with E-state index in [0.717, 1.165) is 16.7 Å². The van der Waals surface area contributed by atoms with E-state index in [9.17, 15) is 18.0 Å². The Hall–Kier alpha value is -4.83. The molecule has 0 aliphatic heterocycles. The number of hydrogen-bond donors (Lipinski definition) is 3. The molecule has 0 spiro atoms. The molecule has 4 aromatic rings. The van der Waals surface area contributed by atoms with Gasteiger partial charge in [0.1, 0.15) is 18.1 Å². The summed E-state index contributed by atoms with van der Waals surface area (Å²) in [4.78, 5) is 24.6. The topological polar surface area (TPSA) is 123 Å². The van der Waals surface area contributed by atoms with E-state index >= 15 is 0 Å². The summed E-state index contributed by atoms with van der Waals surface area (Å²) in [6.07, 6.45) is -0.00307. The van der Waals surface area contributed by atoms with Crippen molar-refractivity contribution < 1.29 is 27.5 Å². The number of nitrogens with one attached hydrogen (secondary N) is 3. The summed E-state index contributed by atoms with van der Waals surface area (Å²) in [5.74, 6) is 0.441. The van der Waals surface area contributed by atoms with Gasteiger partial charge in [-0.25, -0.2) is 8.42 Å². The third-order valence-electron chi connectivity index (χ3n) is 6.39. The molecule has 0 atom stereocenters. The number of anilines is 2. The molecule has 0 aliphatic carbocycles. The van der Waals surface area contributed by atoms with Crippen LogP contribution in [0.3, 0.4) is 0 Å². The number of sulfonamides is 1. The second kappa shape index (κ2) is 14.2. The first kappa shape index (κ1) is 30.1. The molecular weight excluding hydrogens is 554 g/mol. The van der Waals surface area contributed by atoms with Crippen molar-refractivity contribution in [3.63, 3.8) is 0 Å². The molecular formula is C32H33N3O6S. The standard InChI is InChI=1S/C32H33N3O6S/c1-23-8-6-13-30(24(23)2)35-42(38,39)29-12-7-11-26(20-29)34-31(36)18-19-33-32(37)22-41-28-16-14-27(15-17-28)40-21-25-9-4-3-5-10-25/h3-17,20,35H,18-19,21-22H2,1-2H3,(H,33,37)(H,34,36). The van der Waals surface area contributed by atoms with Crippen LogP contribution in [-0.4, -0.2) is 33.4 Å². The quantitative estimate of drug-likeness (QED) is 0.197. The minimum Gasteiger partial charge on any atom is -0.489 e. The zero-order chi connectivity index (χ0) is 30.0. The Balaban J connectivity index is 1.18. The van der Waals surface area contributed by atoms with Crippen molar-refractivity contribution in [2.45, 2.75) is 31.8 Å². The van der Waals surface area contributed by atoms with E-state index in [1.807, 2.05) is 50.2 Å². The molecule has 0 unspecified atom stereocenters. The Bertz CT molecular complexity index is 1620. The van der Waals surface area contributed by atoms with E-state index in [0.29, 0.717) is 29.5 Å². The molecule has 0 bridgehead atoms. The second-order valence-corrected chi connectivity index (χ2v) is 11.2. The Morgan fingerprint density at radius 1 is 0.762 bits per heavy atom. The molecule has 10 heteroatoms. The monoisotopic (exact) mass is 587 g/mol. The molecule has 3 N–H and O–H groups in total. The van der Waals surface area contributed by atoms with Crippen LogP contribution in [0.15, 0.2) is 102 Å². The lowest BCUT2D eigenvalue weighted by Crippen LogP contribution is -2.31. The first-order valence-corrected chi connectivity index (χ1v) is 14.8. The smallest absolute Gasteiger partial charge is 0.261 e. The van der Waals surface area contributed by atoms with Crippen molar-refractivity contribution in [1.29, 1.82) is 0 Å². The van der Waals surface area contributed by atoms with Gasteiger partial charge in [-0.05, 0) is 79.1 Å². The highest BCUT2D eigenvalue weighted by atomic mass is 32.2. The highest BCUT2D eigenvalue weighted by molar-refractivity contribution is 7.92. The van der Waals surface area contributed by atoms with Gasteiger partial charge in [0.05, 0.1) is 10.6 Å². The average molecular weight is 588 g/mol. The molecule has 42 heavy (non-hydrogen) atoms. The SMILES string of the molecule is Cc1cccc(NS(=O)(=O)c2cccc(NC(=O)CCNC(=O)COc3ccc(OCc4ccccc4)cc3)c2)c1C. The zero-order valence-corrected chi connectivity index (χ0v) is 24.2. The van der Waals surface area contributed by atoms with E-state index in [4.69, 9.17) is 9.47 Å². The van der Waals surface area contributed by atoms with E-state index < -0.39 is 10.0 Å². The first-order valence-electron chi connectivity index (χ1n) is 13.3. The Morgan fingerprint density at radius 3 is 2.19 bits per heavy atom. The molecule has 0 saturated carbocycles. The van der Waals surface area contributed by atoms with Crippen LogP contribution in [0.1, 0.15) is 23.1 Å². The number of carbonyl (C=O) groups is 2. The van der Waals surface area contributed by atoms with Gasteiger partial charge in [-0.3, -0.25) is 14.3 Å². The summed E-state index contributed by atoms with van der Waals surface area (Å²) in [6.45, 7) is 4.08. The van der Waals surface area contributed by atoms with E-state index in [1.54, 1.807) is 48.5 Å². The number of ether oxygens (including phenoxy) is 2. The molecule has 0 heterocycles. The maximum absolute atomic E-state index is 12.9. The van der Waals surface area contributed by atoms with Crippen molar-refractivity contribution >= 4 is 33.2 Å². The van der Waals surface area contributed by atoms with Crippen LogP contribution in [0.2, 0.25) is 0 Å². The van der Waals surface area contributed by atoms with Gasteiger partial charge in [0.2, 0.25) is 5.91 Å². The van der Waals surface area contributed by atoms with Gasteiger partial charge in [0.15, 0.2) is 6.61 Å². The summed E-state index contributed by atoms with van der Waals surface area (Å²) in [7, 11) is -3.86. The van der Waals surface area contributed by atoms with Crippen molar-refractivity contribution in [2.75, 3.05) is 23.2 Å². The van der Waals surface area contributed by atoms with E-state index in [-0.39, 0.29) is 36.3 Å². The van der Waals surface area contributed by atoms with Crippen LogP contribution in [0.4, 0.5) is 11.4 Å². The third kappa shape index (κ3) is 8.84. The van der Waals surface area contributed by atoms with Gasteiger partial charge in [0, 0.05) is 18.7 Å². The van der Waals surface area contributed by atoms with Crippen molar-refractivity contribution in [3.05, 3.63) is 114 Å². The molecule has 0 saturated heterocycles. The van der Waals surface area contributed by atoms with Crippen LogP contribution in [0, 0.1) is 13.8 Å². The van der Waals surface area contributed by atoms with Crippen LogP contribution < -0.4 is 24.8 Å². The minimum absolute atomic E-state index is 0.00307. The summed E-state index contributed by atoms with van der Waals surface area (Å²) in [5.41, 5.74) is 3.68. The van der Waals surface area contributed by atoms with Crippen molar-refractivity contribution in [1.82, 2.24) is 5.32 Å². The molecule has 9 nitrogen and oxygen atoms in total. The minimum atomic E-state index is -3.86. The maximum Gasteiger partial charge on any atom is 0.261 e. The Morgan fingerprint density at radius 2 is 1.45 bits per heavy atom. The lowest BCUT2D eigenvalue weighted by Gasteiger charge is -2.13. The number of benzene rings is 4. The summed E-state index contributed by atoms with van der Waals surface area (Å²) >= 11 is 0. The fourth-order valence-corrected chi connectivity index (χ4v) is 5.09. The molecule has 4 rings (SSSR count). The predicted molar refractivity (Wildman–Crippen MR) is 162 cm³/mol. The number of rotatable bonds is 13. The number of carbonyl (C=O) groups excluding carboxylic acids is 2. The predicted octanol–water partition coefficient (Wildman–Crippen LogP) is 5.21. The zero-order valence-electron chi connectivity index (χ0n) is 23.4. The number of hydrogen-bond acceptors (Lipinski definition) is 6. The summed E-state index contributed by atoms with van der Waals surface area (Å²) < 4.78 is 39.7. The third-order valence-corrected chi connectivity index (χ3v) is 7.76. The van der Waals surface area contributed by atoms with Crippen LogP contribution in [0.25, 0.3) is 0 Å². The highest BCUT2D eigenvalue weighted by Gasteiger charge is 2.17. The lowest BCUT2D eigenvalue weighted by atomic mass is 10.1. The molecule has 0 radical (unpaired) electrons. The van der Waals surface area contributed by atoms with Gasteiger partial charge in [-0.1, -0.05) is 48.5 Å². The van der Waals surface area contributed by atoms with Gasteiger partial charge >= 0.3 is 0 Å². The highest BCUT2D eigenvalue weighted by Crippen LogP contribution is 2.23. The summed E-state index contributed by atoms with van der Waals surface area (Å²) in [6, 6.07) is 28.1. The largest absolute Gasteiger partial charge is 0.489 e. The fourth-order valence-electron chi connectivity index (χ4n) is 3.92. The molecule has 0 aromatic heterocycles. The van der Waals surface area contributed by atoms with Gasteiger partial charge in [0.25, 0.3) is 15.9 Å². The number of amides is 2. The lowest BCUT2D eigenvalue weighted by molar-refractivity contribution is -0.123. The Kier molecular flexibility index (Phi) is 10.2. The molecule has 0 fully saturated rings. The molecule has 218 valence electrons.